The average molecular weight is 258 g/mol. The fraction of sp³-hybridized carbons (Fsp3) is 1.00. The molecule has 0 aromatic heterocycles. The van der Waals surface area contributed by atoms with Crippen LogP contribution in [0, 0.1) is 22.2 Å². The van der Waals surface area contributed by atoms with Gasteiger partial charge in [0.25, 0.3) is 10.1 Å². The van der Waals surface area contributed by atoms with Gasteiger partial charge in [-0.2, -0.15) is 8.42 Å². The van der Waals surface area contributed by atoms with Gasteiger partial charge in [-0.25, -0.2) is 0 Å². The van der Waals surface area contributed by atoms with Gasteiger partial charge >= 0.3 is 0 Å². The molecule has 1 heterocycles. The molecule has 4 heteroatoms. The van der Waals surface area contributed by atoms with E-state index < -0.39 is 15.7 Å². The molecule has 4 unspecified atom stereocenters. The summed E-state index contributed by atoms with van der Waals surface area (Å²) >= 11 is 0. The first-order chi connectivity index (χ1) is 7.45. The van der Waals surface area contributed by atoms with E-state index in [2.05, 4.69) is 34.6 Å². The molecule has 5 atom stereocenters. The molecule has 0 aromatic rings. The van der Waals surface area contributed by atoms with E-state index in [-0.39, 0.29) is 21.5 Å². The van der Waals surface area contributed by atoms with Gasteiger partial charge < -0.3 is 0 Å². The minimum Gasteiger partial charge on any atom is -0.262 e. The summed E-state index contributed by atoms with van der Waals surface area (Å²) in [6, 6.07) is 0. The Morgan fingerprint density at radius 3 is 2.06 bits per heavy atom. The van der Waals surface area contributed by atoms with E-state index in [1.807, 2.05) is 6.92 Å². The Labute approximate surface area is 104 Å². The second-order valence-electron chi connectivity index (χ2n) is 7.35. The standard InChI is InChI=1S/C13H22O3S/c1-8-11(4)7-9-12(8,5)13(6,10(11,2)3)16-17(9,14)15/h8-9H,7H2,1-6H3/t8-,9?,11?,12?,13?/m1/s1. The maximum atomic E-state index is 12.2. The molecule has 0 spiro atoms. The van der Waals surface area contributed by atoms with Crippen molar-refractivity contribution in [3.63, 3.8) is 0 Å². The third-order valence-corrected chi connectivity index (χ3v) is 9.33. The highest BCUT2D eigenvalue weighted by atomic mass is 32.2. The third-order valence-electron chi connectivity index (χ3n) is 7.41. The molecule has 3 nitrogen and oxygen atoms in total. The van der Waals surface area contributed by atoms with Crippen LogP contribution in [0.2, 0.25) is 0 Å². The number of hydrogen-bond donors (Lipinski definition) is 0. The molecule has 98 valence electrons. The summed E-state index contributed by atoms with van der Waals surface area (Å²) in [6.45, 7) is 12.9. The predicted molar refractivity (Wildman–Crippen MR) is 66.0 cm³/mol. The molecule has 17 heavy (non-hydrogen) atoms. The molecule has 1 aliphatic heterocycles. The number of fused-ring (bicyclic) bond motifs is 1. The molecule has 0 N–H and O–H groups in total. The van der Waals surface area contributed by atoms with Gasteiger partial charge in [-0.05, 0) is 24.7 Å². The second-order valence-corrected chi connectivity index (χ2v) is 9.07. The summed E-state index contributed by atoms with van der Waals surface area (Å²) in [5.74, 6) is 0.372. The molecule has 1 saturated heterocycles. The van der Waals surface area contributed by atoms with Gasteiger partial charge in [-0.15, -0.1) is 0 Å². The van der Waals surface area contributed by atoms with Crippen molar-refractivity contribution in [1.82, 2.24) is 0 Å². The smallest absolute Gasteiger partial charge is 0.262 e. The Bertz CT molecular complexity index is 504. The van der Waals surface area contributed by atoms with Crippen molar-refractivity contribution in [3.05, 3.63) is 0 Å². The van der Waals surface area contributed by atoms with Crippen LogP contribution in [0.25, 0.3) is 0 Å². The van der Waals surface area contributed by atoms with E-state index in [0.29, 0.717) is 5.92 Å². The van der Waals surface area contributed by atoms with Crippen LogP contribution in [-0.2, 0) is 14.3 Å². The highest BCUT2D eigenvalue weighted by molar-refractivity contribution is 7.87. The van der Waals surface area contributed by atoms with Crippen molar-refractivity contribution in [1.29, 1.82) is 0 Å². The van der Waals surface area contributed by atoms with Gasteiger partial charge in [0, 0.05) is 10.8 Å². The van der Waals surface area contributed by atoms with Gasteiger partial charge in [0.2, 0.25) is 0 Å². The van der Waals surface area contributed by atoms with E-state index in [1.54, 1.807) is 0 Å². The predicted octanol–water partition coefficient (Wildman–Crippen LogP) is 2.57. The first kappa shape index (κ1) is 12.0. The molecule has 3 fully saturated rings. The summed E-state index contributed by atoms with van der Waals surface area (Å²) in [6.07, 6.45) is 0.746. The van der Waals surface area contributed by atoms with Crippen molar-refractivity contribution in [2.24, 2.45) is 22.2 Å². The number of rotatable bonds is 0. The van der Waals surface area contributed by atoms with Crippen LogP contribution in [0.4, 0.5) is 0 Å². The maximum absolute atomic E-state index is 12.2. The Morgan fingerprint density at radius 2 is 1.65 bits per heavy atom. The largest absolute Gasteiger partial charge is 0.271 e. The SMILES string of the molecule is C[C@@H]1C2(C)CC3C1(C)C(C)(OS3(=O)=O)C2(C)C. The lowest BCUT2D eigenvalue weighted by Gasteiger charge is -2.49. The van der Waals surface area contributed by atoms with E-state index in [0.717, 1.165) is 6.42 Å². The Kier molecular flexibility index (Phi) is 1.73. The quantitative estimate of drug-likeness (QED) is 0.627. The highest BCUT2D eigenvalue weighted by Gasteiger charge is 2.86. The molecule has 2 aliphatic carbocycles. The first-order valence-electron chi connectivity index (χ1n) is 6.40. The zero-order valence-corrected chi connectivity index (χ0v) is 12.3. The van der Waals surface area contributed by atoms with Crippen molar-refractivity contribution in [2.45, 2.75) is 58.8 Å². The van der Waals surface area contributed by atoms with Crippen LogP contribution < -0.4 is 0 Å². The van der Waals surface area contributed by atoms with E-state index in [1.165, 1.54) is 0 Å². The molecule has 2 saturated carbocycles. The van der Waals surface area contributed by atoms with E-state index in [4.69, 9.17) is 4.18 Å². The fourth-order valence-corrected chi connectivity index (χ4v) is 7.88. The summed E-state index contributed by atoms with van der Waals surface area (Å²) in [5, 5.41) is -0.312. The summed E-state index contributed by atoms with van der Waals surface area (Å²) in [5.41, 5.74) is -0.876. The molecule has 2 bridgehead atoms. The minimum absolute atomic E-state index is 0.0464. The van der Waals surface area contributed by atoms with Crippen molar-refractivity contribution < 1.29 is 12.6 Å². The van der Waals surface area contributed by atoms with Gasteiger partial charge in [0.05, 0.1) is 10.9 Å². The van der Waals surface area contributed by atoms with E-state index >= 15 is 0 Å². The molecule has 0 radical (unpaired) electrons. The molecular formula is C13H22O3S. The Balaban J connectivity index is 2.38. The fourth-order valence-electron chi connectivity index (χ4n) is 5.34. The molecule has 0 amide bonds. The van der Waals surface area contributed by atoms with Crippen LogP contribution in [0.3, 0.4) is 0 Å². The lowest BCUT2D eigenvalue weighted by molar-refractivity contribution is -0.0920. The van der Waals surface area contributed by atoms with Gasteiger partial charge in [0.1, 0.15) is 0 Å². The highest BCUT2D eigenvalue weighted by Crippen LogP contribution is 2.81. The van der Waals surface area contributed by atoms with Gasteiger partial charge in [-0.1, -0.05) is 34.6 Å². The Morgan fingerprint density at radius 1 is 1.12 bits per heavy atom. The number of hydrogen-bond acceptors (Lipinski definition) is 3. The monoisotopic (exact) mass is 258 g/mol. The second kappa shape index (κ2) is 2.46. The zero-order chi connectivity index (χ0) is 13.1. The molecule has 3 aliphatic rings. The van der Waals surface area contributed by atoms with Crippen molar-refractivity contribution >= 4 is 10.1 Å². The lowest BCUT2D eigenvalue weighted by atomic mass is 9.57. The molecule has 3 rings (SSSR count). The van der Waals surface area contributed by atoms with Crippen LogP contribution in [0.1, 0.15) is 48.0 Å². The Hall–Kier alpha value is -0.0900. The van der Waals surface area contributed by atoms with Gasteiger partial charge in [0.15, 0.2) is 0 Å². The maximum Gasteiger partial charge on any atom is 0.271 e. The molecule has 0 aromatic carbocycles. The van der Waals surface area contributed by atoms with E-state index in [9.17, 15) is 8.42 Å². The van der Waals surface area contributed by atoms with Crippen molar-refractivity contribution in [2.75, 3.05) is 0 Å². The van der Waals surface area contributed by atoms with Crippen molar-refractivity contribution in [3.8, 4) is 0 Å². The van der Waals surface area contributed by atoms with Crippen LogP contribution in [-0.4, -0.2) is 19.3 Å². The van der Waals surface area contributed by atoms with Gasteiger partial charge in [-0.3, -0.25) is 4.18 Å². The molecular weight excluding hydrogens is 236 g/mol. The van der Waals surface area contributed by atoms with Crippen LogP contribution in [0.5, 0.6) is 0 Å². The van der Waals surface area contributed by atoms with Crippen LogP contribution >= 0.6 is 0 Å². The average Bonchev–Trinajstić information content (AvgIpc) is 2.49. The topological polar surface area (TPSA) is 43.4 Å². The summed E-state index contributed by atoms with van der Waals surface area (Å²) in [7, 11) is -3.39. The summed E-state index contributed by atoms with van der Waals surface area (Å²) < 4.78 is 30.1. The lowest BCUT2D eigenvalue weighted by Crippen LogP contribution is -2.54. The first-order valence-corrected chi connectivity index (χ1v) is 7.87. The zero-order valence-electron chi connectivity index (χ0n) is 11.5. The minimum atomic E-state index is -3.39. The normalized spacial score (nSPS) is 62.0. The third kappa shape index (κ3) is 0.803. The van der Waals surface area contributed by atoms with Crippen LogP contribution in [0.15, 0.2) is 0 Å². The summed E-state index contributed by atoms with van der Waals surface area (Å²) in [4.78, 5) is 0.